The smallest absolute Gasteiger partial charge is 0.269 e. The molecule has 2 aromatic carbocycles. The van der Waals surface area contributed by atoms with Crippen LogP contribution in [-0.2, 0) is 4.79 Å². The standard InChI is InChI=1S/C16H15N3O7/c1-12(20)17(10-25-15-6-2-13(3-7-15)18(21)22)11-26-16-8-4-14(5-9-16)19(23)24/h2-9H,10-11H2,1H3. The van der Waals surface area contributed by atoms with E-state index < -0.39 is 9.85 Å². The van der Waals surface area contributed by atoms with Gasteiger partial charge in [-0.15, -0.1) is 0 Å². The summed E-state index contributed by atoms with van der Waals surface area (Å²) in [5.41, 5.74) is -0.135. The Balaban J connectivity index is 1.91. The fraction of sp³-hybridized carbons (Fsp3) is 0.188. The molecule has 0 heterocycles. The number of ether oxygens (including phenoxy) is 2. The van der Waals surface area contributed by atoms with Crippen molar-refractivity contribution in [1.82, 2.24) is 4.90 Å². The summed E-state index contributed by atoms with van der Waals surface area (Å²) in [6.45, 7) is 1.08. The van der Waals surface area contributed by atoms with Crippen LogP contribution in [0.25, 0.3) is 0 Å². The quantitative estimate of drug-likeness (QED) is 0.402. The minimum Gasteiger partial charge on any atom is -0.473 e. The second-order valence-corrected chi connectivity index (χ2v) is 5.11. The summed E-state index contributed by atoms with van der Waals surface area (Å²) in [5.74, 6) is 0.406. The molecule has 0 aromatic heterocycles. The fourth-order valence-corrected chi connectivity index (χ4v) is 1.85. The third kappa shape index (κ3) is 5.16. The molecule has 0 unspecified atom stereocenters. The predicted octanol–water partition coefficient (Wildman–Crippen LogP) is 2.72. The highest BCUT2D eigenvalue weighted by atomic mass is 16.6. The molecule has 136 valence electrons. The average molecular weight is 361 g/mol. The van der Waals surface area contributed by atoms with Crippen molar-refractivity contribution < 1.29 is 24.1 Å². The highest BCUT2D eigenvalue weighted by molar-refractivity contribution is 5.72. The van der Waals surface area contributed by atoms with E-state index in [1.807, 2.05) is 0 Å². The van der Waals surface area contributed by atoms with Crippen molar-refractivity contribution in [2.75, 3.05) is 13.5 Å². The number of non-ortho nitro benzene ring substituents is 2. The molecule has 0 aliphatic rings. The Kier molecular flexibility index (Phi) is 6.04. The van der Waals surface area contributed by atoms with Crippen LogP contribution in [0.4, 0.5) is 11.4 Å². The molecule has 0 fully saturated rings. The number of nitro groups is 2. The molecule has 10 heteroatoms. The van der Waals surface area contributed by atoms with Crippen LogP contribution in [0, 0.1) is 20.2 Å². The number of carbonyl (C=O) groups is 1. The minimum absolute atomic E-state index is 0.0673. The SMILES string of the molecule is CC(=O)N(COc1ccc([N+](=O)[O-])cc1)COc1ccc([N+](=O)[O-])cc1. The highest BCUT2D eigenvalue weighted by Gasteiger charge is 2.12. The normalized spacial score (nSPS) is 10.0. The van der Waals surface area contributed by atoms with Gasteiger partial charge >= 0.3 is 0 Å². The molecule has 0 radical (unpaired) electrons. The van der Waals surface area contributed by atoms with Crippen LogP contribution in [0.1, 0.15) is 6.92 Å². The molecule has 10 nitrogen and oxygen atoms in total. The molecule has 2 aromatic rings. The predicted molar refractivity (Wildman–Crippen MR) is 89.7 cm³/mol. The minimum atomic E-state index is -0.524. The van der Waals surface area contributed by atoms with Crippen molar-refractivity contribution in [2.45, 2.75) is 6.92 Å². The second kappa shape index (κ2) is 8.42. The van der Waals surface area contributed by atoms with Gasteiger partial charge in [0.05, 0.1) is 9.85 Å². The van der Waals surface area contributed by atoms with E-state index in [0.717, 1.165) is 0 Å². The number of rotatable bonds is 8. The van der Waals surface area contributed by atoms with Crippen LogP contribution in [0.2, 0.25) is 0 Å². The number of hydrogen-bond donors (Lipinski definition) is 0. The maximum Gasteiger partial charge on any atom is 0.269 e. The van der Waals surface area contributed by atoms with Gasteiger partial charge in [0.2, 0.25) is 5.91 Å². The number of nitro benzene ring substituents is 2. The molecular formula is C16H15N3O7. The molecule has 26 heavy (non-hydrogen) atoms. The first-order valence-electron chi connectivity index (χ1n) is 7.37. The summed E-state index contributed by atoms with van der Waals surface area (Å²) in [4.78, 5) is 33.1. The maximum atomic E-state index is 11.7. The van der Waals surface area contributed by atoms with Gasteiger partial charge in [0, 0.05) is 31.2 Å². The highest BCUT2D eigenvalue weighted by Crippen LogP contribution is 2.19. The summed E-state index contributed by atoms with van der Waals surface area (Å²) in [5, 5.41) is 21.2. The summed E-state index contributed by atoms with van der Waals surface area (Å²) >= 11 is 0. The zero-order valence-corrected chi connectivity index (χ0v) is 13.7. The zero-order chi connectivity index (χ0) is 19.1. The summed E-state index contributed by atoms with van der Waals surface area (Å²) < 4.78 is 10.8. The maximum absolute atomic E-state index is 11.7. The average Bonchev–Trinajstić information content (AvgIpc) is 2.62. The molecule has 0 N–H and O–H groups in total. The van der Waals surface area contributed by atoms with Gasteiger partial charge in [-0.05, 0) is 24.3 Å². The van der Waals surface area contributed by atoms with Crippen LogP contribution < -0.4 is 9.47 Å². The molecule has 1 amide bonds. The number of amides is 1. The van der Waals surface area contributed by atoms with E-state index in [1.54, 1.807) is 0 Å². The molecule has 0 spiro atoms. The Labute approximate surface area is 147 Å². The summed E-state index contributed by atoms with van der Waals surface area (Å²) in [6.07, 6.45) is 0. The molecule has 0 aliphatic carbocycles. The summed E-state index contributed by atoms with van der Waals surface area (Å²) in [7, 11) is 0. The Hall–Kier alpha value is -3.69. The lowest BCUT2D eigenvalue weighted by atomic mass is 10.3. The van der Waals surface area contributed by atoms with Gasteiger partial charge in [-0.2, -0.15) is 0 Å². The van der Waals surface area contributed by atoms with Gasteiger partial charge < -0.3 is 9.47 Å². The second-order valence-electron chi connectivity index (χ2n) is 5.11. The molecular weight excluding hydrogens is 346 g/mol. The van der Waals surface area contributed by atoms with Crippen molar-refractivity contribution in [3.63, 3.8) is 0 Å². The van der Waals surface area contributed by atoms with Crippen molar-refractivity contribution in [3.8, 4) is 11.5 Å². The van der Waals surface area contributed by atoms with Crippen molar-refractivity contribution in [1.29, 1.82) is 0 Å². The van der Waals surface area contributed by atoms with Crippen LogP contribution in [0.5, 0.6) is 11.5 Å². The number of hydrogen-bond acceptors (Lipinski definition) is 7. The Bertz CT molecular complexity index is 729. The topological polar surface area (TPSA) is 125 Å². The van der Waals surface area contributed by atoms with Crippen molar-refractivity contribution in [3.05, 3.63) is 68.8 Å². The number of carbonyl (C=O) groups excluding carboxylic acids is 1. The monoisotopic (exact) mass is 361 g/mol. The van der Waals surface area contributed by atoms with Gasteiger partial charge in [0.25, 0.3) is 11.4 Å². The lowest BCUT2D eigenvalue weighted by Gasteiger charge is -2.21. The van der Waals surface area contributed by atoms with Crippen LogP contribution in [0.3, 0.4) is 0 Å². The first-order valence-corrected chi connectivity index (χ1v) is 7.37. The van der Waals surface area contributed by atoms with Crippen molar-refractivity contribution >= 4 is 17.3 Å². The lowest BCUT2D eigenvalue weighted by molar-refractivity contribution is -0.385. The molecule has 0 aliphatic heterocycles. The molecule has 0 saturated heterocycles. The van der Waals surface area contributed by atoms with Gasteiger partial charge in [0.15, 0.2) is 13.5 Å². The Morgan fingerprint density at radius 2 is 1.19 bits per heavy atom. The molecule has 0 bridgehead atoms. The Morgan fingerprint density at radius 1 is 0.846 bits per heavy atom. The van der Waals surface area contributed by atoms with Gasteiger partial charge in [-0.1, -0.05) is 0 Å². The van der Waals surface area contributed by atoms with Gasteiger partial charge in [0.1, 0.15) is 11.5 Å². The van der Waals surface area contributed by atoms with Crippen LogP contribution >= 0.6 is 0 Å². The first kappa shape index (κ1) is 18.6. The van der Waals surface area contributed by atoms with E-state index >= 15 is 0 Å². The third-order valence-electron chi connectivity index (χ3n) is 3.31. The molecule has 0 saturated carbocycles. The van der Waals surface area contributed by atoms with E-state index in [1.165, 1.54) is 60.4 Å². The third-order valence-corrected chi connectivity index (χ3v) is 3.31. The fourth-order valence-electron chi connectivity index (χ4n) is 1.85. The molecule has 0 atom stereocenters. The van der Waals surface area contributed by atoms with E-state index in [9.17, 15) is 25.0 Å². The van der Waals surface area contributed by atoms with Gasteiger partial charge in [-0.3, -0.25) is 29.9 Å². The number of nitrogens with zero attached hydrogens (tertiary/aromatic N) is 3. The largest absolute Gasteiger partial charge is 0.473 e. The van der Waals surface area contributed by atoms with Crippen LogP contribution in [-0.4, -0.2) is 34.1 Å². The van der Waals surface area contributed by atoms with E-state index in [2.05, 4.69) is 0 Å². The lowest BCUT2D eigenvalue weighted by Crippen LogP contribution is -2.35. The first-order chi connectivity index (χ1) is 12.4. The Morgan fingerprint density at radius 3 is 1.46 bits per heavy atom. The molecule has 2 rings (SSSR count). The van der Waals surface area contributed by atoms with Crippen molar-refractivity contribution in [2.24, 2.45) is 0 Å². The van der Waals surface area contributed by atoms with Crippen LogP contribution in [0.15, 0.2) is 48.5 Å². The van der Waals surface area contributed by atoms with E-state index in [0.29, 0.717) is 11.5 Å². The summed E-state index contributed by atoms with van der Waals surface area (Å²) in [6, 6.07) is 10.9. The number of benzene rings is 2. The van der Waals surface area contributed by atoms with Gasteiger partial charge in [-0.25, -0.2) is 0 Å². The zero-order valence-electron chi connectivity index (χ0n) is 13.7. The van der Waals surface area contributed by atoms with E-state index in [-0.39, 0.29) is 30.7 Å². The van der Waals surface area contributed by atoms with E-state index in [4.69, 9.17) is 9.47 Å².